The van der Waals surface area contributed by atoms with E-state index in [4.69, 9.17) is 40.0 Å². The summed E-state index contributed by atoms with van der Waals surface area (Å²) < 4.78 is 16.4. The highest BCUT2D eigenvalue weighted by molar-refractivity contribution is 6.43. The molecule has 0 aliphatic carbocycles. The van der Waals surface area contributed by atoms with Crippen molar-refractivity contribution in [1.82, 2.24) is 25.5 Å². The number of aryl methyl sites for hydroxylation is 1. The van der Waals surface area contributed by atoms with Crippen LogP contribution in [0.3, 0.4) is 0 Å². The van der Waals surface area contributed by atoms with Crippen LogP contribution in [0.15, 0.2) is 27.7 Å². The first kappa shape index (κ1) is 21.4. The van der Waals surface area contributed by atoms with E-state index in [1.165, 1.54) is 0 Å². The number of likely N-dealkylation sites (tertiary alicyclic amines) is 1. The van der Waals surface area contributed by atoms with E-state index in [1.807, 2.05) is 11.8 Å². The molecule has 1 aromatic heterocycles. The highest BCUT2D eigenvalue weighted by Crippen LogP contribution is 2.42. The van der Waals surface area contributed by atoms with Crippen LogP contribution < -0.4 is 16.6 Å². The lowest BCUT2D eigenvalue weighted by atomic mass is 9.73. The lowest BCUT2D eigenvalue weighted by Gasteiger charge is -2.41. The summed E-state index contributed by atoms with van der Waals surface area (Å²) in [4.78, 5) is 11.2. The molecule has 0 radical (unpaired) electrons. The summed E-state index contributed by atoms with van der Waals surface area (Å²) in [6.45, 7) is 4.00. The third-order valence-electron chi connectivity index (χ3n) is 7.59. The summed E-state index contributed by atoms with van der Waals surface area (Å²) in [7, 11) is 1.73. The number of nitrogens with two attached hydrogens (primary N) is 1. The number of hydrazine groups is 1. The maximum Gasteiger partial charge on any atom is 0.224 e. The number of halogens is 2. The van der Waals surface area contributed by atoms with Gasteiger partial charge in [0.25, 0.3) is 0 Å². The number of benzene rings is 1. The van der Waals surface area contributed by atoms with Crippen molar-refractivity contribution in [2.75, 3.05) is 19.7 Å². The highest BCUT2D eigenvalue weighted by atomic mass is 35.5. The Hall–Kier alpha value is -2.84. The van der Waals surface area contributed by atoms with Crippen LogP contribution in [0.4, 0.5) is 0 Å². The van der Waals surface area contributed by atoms with Crippen LogP contribution in [0.25, 0.3) is 16.6 Å². The van der Waals surface area contributed by atoms with Gasteiger partial charge in [0.1, 0.15) is 5.15 Å². The zero-order valence-electron chi connectivity index (χ0n) is 20.3. The van der Waals surface area contributed by atoms with Crippen molar-refractivity contribution >= 4 is 51.6 Å². The number of aromatic nitrogens is 2. The Kier molecular flexibility index (Phi) is 4.96. The molecule has 4 aliphatic rings. The summed E-state index contributed by atoms with van der Waals surface area (Å²) in [6.07, 6.45) is 1.71. The minimum Gasteiger partial charge on any atom is -0.376 e. The molecule has 10 nitrogen and oxygen atoms in total. The molecule has 1 spiro atoms. The molecule has 4 N–H and O–H groups in total. The zero-order chi connectivity index (χ0) is 25.4. The summed E-state index contributed by atoms with van der Waals surface area (Å²) in [5.74, 6) is 0.725. The molecule has 182 valence electrons. The molecular formula is C23H25Cl2N9O. The van der Waals surface area contributed by atoms with E-state index >= 15 is 0 Å². The van der Waals surface area contributed by atoms with E-state index in [1.54, 1.807) is 23.9 Å². The van der Waals surface area contributed by atoms with E-state index in [2.05, 4.69) is 27.0 Å². The number of guanidine groups is 1. The summed E-state index contributed by atoms with van der Waals surface area (Å²) in [6, 6.07) is 3.70. The number of hydrogen-bond acceptors (Lipinski definition) is 9. The van der Waals surface area contributed by atoms with E-state index in [-0.39, 0.29) is 17.6 Å². The third kappa shape index (κ3) is 3.33. The smallest absolute Gasteiger partial charge is 0.224 e. The van der Waals surface area contributed by atoms with Gasteiger partial charge in [-0.2, -0.15) is 15.4 Å². The Morgan fingerprint density at radius 1 is 1.31 bits per heavy atom. The molecule has 4 aliphatic heterocycles. The van der Waals surface area contributed by atoms with Crippen LogP contribution in [0.1, 0.15) is 26.7 Å². The SMILES string of the molecule is [2H]C1(C#N)N=C(N2CCC3(CC2)CO[C@@H](C)[C@H]3N)N=C2NNC(c3ccc4nn(C)c(Cl)c4c3Cl)=C21. The van der Waals surface area contributed by atoms with Gasteiger partial charge >= 0.3 is 0 Å². The molecule has 0 saturated carbocycles. The van der Waals surface area contributed by atoms with Crippen LogP contribution in [0.2, 0.25) is 10.2 Å². The van der Waals surface area contributed by atoms with Crippen molar-refractivity contribution in [2.24, 2.45) is 28.2 Å². The first-order valence-electron chi connectivity index (χ1n) is 12.0. The van der Waals surface area contributed by atoms with Crippen molar-refractivity contribution in [3.63, 3.8) is 0 Å². The fourth-order valence-electron chi connectivity index (χ4n) is 5.42. The van der Waals surface area contributed by atoms with Gasteiger partial charge in [-0.25, -0.2) is 4.99 Å². The summed E-state index contributed by atoms with van der Waals surface area (Å²) in [5.41, 5.74) is 14.5. The van der Waals surface area contributed by atoms with Crippen molar-refractivity contribution in [1.29, 1.82) is 5.26 Å². The number of piperidine rings is 1. The van der Waals surface area contributed by atoms with Gasteiger partial charge in [-0.3, -0.25) is 15.5 Å². The number of hydrogen-bond donors (Lipinski definition) is 3. The Morgan fingerprint density at radius 3 is 2.77 bits per heavy atom. The fourth-order valence-corrected chi connectivity index (χ4v) is 6.04. The van der Waals surface area contributed by atoms with Gasteiger partial charge in [0, 0.05) is 37.2 Å². The van der Waals surface area contributed by atoms with E-state index in [9.17, 15) is 5.26 Å². The van der Waals surface area contributed by atoms with Crippen LogP contribution in [-0.4, -0.2) is 64.3 Å². The molecule has 2 aromatic rings. The average molecular weight is 515 g/mol. The van der Waals surface area contributed by atoms with Gasteiger partial charge in [0.15, 0.2) is 11.9 Å². The van der Waals surface area contributed by atoms with Gasteiger partial charge in [0.2, 0.25) is 5.96 Å². The molecule has 35 heavy (non-hydrogen) atoms. The Labute approximate surface area is 213 Å². The zero-order valence-corrected chi connectivity index (χ0v) is 20.8. The Morgan fingerprint density at radius 2 is 2.09 bits per heavy atom. The standard InChI is InChI=1S/C23H25Cl2N9O/c1-11-19(27)23(10-35-11)5-7-34(8-6-23)22-28-14(9-26)16-18(30-31-21(16)29-22)12-3-4-13-15(17(12)24)20(25)33(2)32-13/h3-4,11,14,19H,5-8,10,27H2,1-2H3,(H2,28,29,30,31)/t11-,14?,19+/m0/s1/i14D. The van der Waals surface area contributed by atoms with Crippen molar-refractivity contribution in [2.45, 2.75) is 37.9 Å². The van der Waals surface area contributed by atoms with Crippen LogP contribution >= 0.6 is 23.2 Å². The molecule has 2 fully saturated rings. The van der Waals surface area contributed by atoms with Gasteiger partial charge in [-0.05, 0) is 31.9 Å². The molecule has 12 heteroatoms. The molecule has 1 aromatic carbocycles. The molecule has 3 atom stereocenters. The van der Waals surface area contributed by atoms with Crippen LogP contribution in [-0.2, 0) is 11.8 Å². The van der Waals surface area contributed by atoms with Crippen molar-refractivity contribution < 1.29 is 6.11 Å². The quantitative estimate of drug-likeness (QED) is 0.531. The molecule has 0 bridgehead atoms. The minimum absolute atomic E-state index is 0.0122. The second-order valence-electron chi connectivity index (χ2n) is 9.46. The first-order chi connectivity index (χ1) is 17.2. The predicted octanol–water partition coefficient (Wildman–Crippen LogP) is 2.19. The first-order valence-corrected chi connectivity index (χ1v) is 12.2. The van der Waals surface area contributed by atoms with Gasteiger partial charge in [-0.15, -0.1) is 0 Å². The number of nitrogens with one attached hydrogen (secondary N) is 2. The maximum absolute atomic E-state index is 10.1. The lowest BCUT2D eigenvalue weighted by Crippen LogP contribution is -2.52. The molecule has 5 heterocycles. The topological polar surface area (TPSA) is 129 Å². The number of ether oxygens (including phenoxy) is 1. The van der Waals surface area contributed by atoms with E-state index in [0.717, 1.165) is 12.8 Å². The maximum atomic E-state index is 10.1. The van der Waals surface area contributed by atoms with Crippen LogP contribution in [0, 0.1) is 16.7 Å². The molecule has 1 unspecified atom stereocenters. The van der Waals surface area contributed by atoms with Crippen molar-refractivity contribution in [3.8, 4) is 6.07 Å². The minimum atomic E-state index is -1.92. The molecule has 2 saturated heterocycles. The number of fused-ring (bicyclic) bond motifs is 2. The van der Waals surface area contributed by atoms with Crippen LogP contribution in [0.5, 0.6) is 0 Å². The normalized spacial score (nSPS) is 29.9. The fraction of sp³-hybridized carbons (Fsp3) is 0.478. The Balaban J connectivity index is 1.35. The summed E-state index contributed by atoms with van der Waals surface area (Å²) >= 11 is 13.2. The largest absolute Gasteiger partial charge is 0.376 e. The number of aliphatic imine (C=N–C) groups is 2. The third-order valence-corrected chi connectivity index (χ3v) is 8.41. The average Bonchev–Trinajstić information content (AvgIpc) is 3.51. The second kappa shape index (κ2) is 8.10. The van der Waals surface area contributed by atoms with Gasteiger partial charge in [-0.1, -0.05) is 23.2 Å². The molecule has 0 amide bonds. The van der Waals surface area contributed by atoms with Crippen molar-refractivity contribution in [3.05, 3.63) is 33.4 Å². The number of rotatable bonds is 1. The summed E-state index contributed by atoms with van der Waals surface area (Å²) in [5, 5.41) is 15.8. The Bertz CT molecular complexity index is 1420. The lowest BCUT2D eigenvalue weighted by molar-refractivity contribution is 0.0837. The number of nitrogens with zero attached hydrogens (tertiary/aromatic N) is 6. The molecular weight excluding hydrogens is 489 g/mol. The number of amidine groups is 1. The monoisotopic (exact) mass is 514 g/mol. The second-order valence-corrected chi connectivity index (χ2v) is 10.2. The van der Waals surface area contributed by atoms with E-state index in [0.29, 0.717) is 69.4 Å². The van der Waals surface area contributed by atoms with Gasteiger partial charge in [0.05, 0.1) is 47.3 Å². The highest BCUT2D eigenvalue weighted by Gasteiger charge is 2.48. The number of nitriles is 1. The van der Waals surface area contributed by atoms with Gasteiger partial charge < -0.3 is 15.4 Å². The predicted molar refractivity (Wildman–Crippen MR) is 135 cm³/mol. The van der Waals surface area contributed by atoms with E-state index < -0.39 is 6.02 Å². The molecule has 6 rings (SSSR count).